The van der Waals surface area contributed by atoms with Crippen molar-refractivity contribution in [3.8, 4) is 0 Å². The van der Waals surface area contributed by atoms with Crippen molar-refractivity contribution in [1.29, 1.82) is 0 Å². The van der Waals surface area contributed by atoms with Gasteiger partial charge in [0.15, 0.2) is 0 Å². The molecule has 9 aliphatic carbocycles. The van der Waals surface area contributed by atoms with E-state index in [4.69, 9.17) is 14.2 Å². The summed E-state index contributed by atoms with van der Waals surface area (Å²) in [7, 11) is 0. The van der Waals surface area contributed by atoms with Gasteiger partial charge < -0.3 is 67.0 Å². The highest BCUT2D eigenvalue weighted by Gasteiger charge is 2.41. The van der Waals surface area contributed by atoms with Crippen molar-refractivity contribution in [1.82, 2.24) is 62.6 Å². The Morgan fingerprint density at radius 2 is 0.869 bits per heavy atom. The van der Waals surface area contributed by atoms with Gasteiger partial charge in [-0.05, 0) is 336 Å². The Bertz CT molecular complexity index is 2200. The zero-order valence-corrected chi connectivity index (χ0v) is 62.9. The molecular weight excluding hydrogens is 1230 g/mol. The quantitative estimate of drug-likeness (QED) is 0.105. The Balaban J connectivity index is 0.0000000972. The Labute approximate surface area is 603 Å². The highest BCUT2D eigenvalue weighted by atomic mass is 16.5. The van der Waals surface area contributed by atoms with E-state index in [1.54, 1.807) is 11.1 Å². The Morgan fingerprint density at radius 3 is 1.40 bits per heavy atom. The fourth-order valence-electron chi connectivity index (χ4n) is 21.7. The van der Waals surface area contributed by atoms with Gasteiger partial charge in [-0.15, -0.1) is 0 Å². The minimum Gasteiger partial charge on any atom is -0.497 e. The third-order valence-electron chi connectivity index (χ3n) is 28.8. The number of fused-ring (bicyclic) bond motifs is 11. The molecule has 1 amide bonds. The van der Waals surface area contributed by atoms with Crippen molar-refractivity contribution in [3.05, 3.63) is 23.0 Å². The number of nitrogens with zero attached hydrogens (tertiary/aromatic N) is 3. The molecule has 0 aromatic heterocycles. The number of piperazine rings is 2. The summed E-state index contributed by atoms with van der Waals surface area (Å²) in [4.78, 5) is 18.3. The molecule has 0 radical (unpaired) electrons. The lowest BCUT2D eigenvalue weighted by Crippen LogP contribution is -2.51. The number of nitrogens with one attached hydrogen (secondary N) is 9. The number of rotatable bonds is 0. The SMILES string of the molecule is C1=C2OCC2CC1.C1CC2=C(C1)CNC2.C1CC2CC2CN1.C1CC2CCC2CN1.C1CC2CCNCC2C1.C1CC2CNCC2C1.C1CC2CNCCN2C1.C1CC2COC2C1.C1CC2COCCN2C1.C1CNCCC2CCCC2C1.C1NCC2CC12.O=C1CNCC2CCCN12. The van der Waals surface area contributed by atoms with E-state index < -0.39 is 0 Å². The molecule has 0 spiro atoms. The second-order valence-corrected chi connectivity index (χ2v) is 35.3. The van der Waals surface area contributed by atoms with Crippen LogP contribution in [0.1, 0.15) is 212 Å². The predicted molar refractivity (Wildman–Crippen MR) is 405 cm³/mol. The smallest absolute Gasteiger partial charge is 0.236 e. The molecule has 0 aromatic rings. The van der Waals surface area contributed by atoms with E-state index in [1.807, 2.05) is 4.90 Å². The van der Waals surface area contributed by atoms with Crippen LogP contribution in [0.15, 0.2) is 23.0 Å². The summed E-state index contributed by atoms with van der Waals surface area (Å²) in [6, 6.07) is 2.18. The summed E-state index contributed by atoms with van der Waals surface area (Å²) >= 11 is 0. The molecule has 9 N–H and O–H groups in total. The number of hydrogen-bond donors (Lipinski definition) is 9. The first-order chi connectivity index (χ1) is 49.0. The summed E-state index contributed by atoms with van der Waals surface area (Å²) in [5.74, 6) is 16.5. The Morgan fingerprint density at radius 1 is 0.343 bits per heavy atom. The van der Waals surface area contributed by atoms with E-state index in [1.165, 1.54) is 349 Å². The van der Waals surface area contributed by atoms with E-state index in [2.05, 4.69) is 63.7 Å². The lowest BCUT2D eigenvalue weighted by Gasteiger charge is -2.40. The molecule has 24 aliphatic rings. The molecule has 16 heteroatoms. The molecule has 24 rings (SSSR count). The fourth-order valence-corrected chi connectivity index (χ4v) is 21.7. The third kappa shape index (κ3) is 23.4. The van der Waals surface area contributed by atoms with Crippen molar-refractivity contribution in [2.45, 2.75) is 236 Å². The molecule has 15 heterocycles. The first kappa shape index (κ1) is 75.5. The first-order valence-electron chi connectivity index (χ1n) is 43.4. The fraction of sp³-hybridized carbons (Fsp3) is 0.940. The monoisotopic (exact) mass is 1380 g/mol. The minimum atomic E-state index is 0.286. The Kier molecular flexibility index (Phi) is 31.1. The van der Waals surface area contributed by atoms with Crippen LogP contribution >= 0.6 is 0 Å². The number of carbonyl (C=O) groups is 1. The zero-order chi connectivity index (χ0) is 67.1. The van der Waals surface area contributed by atoms with Gasteiger partial charge in [0.2, 0.25) is 5.91 Å². The van der Waals surface area contributed by atoms with Gasteiger partial charge in [-0.25, -0.2) is 0 Å². The van der Waals surface area contributed by atoms with Crippen LogP contribution in [-0.2, 0) is 19.0 Å². The van der Waals surface area contributed by atoms with E-state index in [0.717, 1.165) is 134 Å². The first-order valence-corrected chi connectivity index (χ1v) is 43.4. The largest absolute Gasteiger partial charge is 0.497 e. The van der Waals surface area contributed by atoms with Gasteiger partial charge in [-0.3, -0.25) is 14.6 Å². The van der Waals surface area contributed by atoms with E-state index in [9.17, 15) is 4.79 Å². The van der Waals surface area contributed by atoms with Crippen molar-refractivity contribution >= 4 is 5.91 Å². The highest BCUT2D eigenvalue weighted by molar-refractivity contribution is 5.79. The van der Waals surface area contributed by atoms with Crippen molar-refractivity contribution < 1.29 is 19.0 Å². The average molecular weight is 1380 g/mol. The maximum absolute atomic E-state index is 11.1. The maximum atomic E-state index is 11.1. The molecule has 7 saturated carbocycles. The number of piperidine rings is 4. The van der Waals surface area contributed by atoms with Crippen LogP contribution in [0.4, 0.5) is 0 Å². The number of amides is 1. The molecule has 16 nitrogen and oxygen atoms in total. The van der Waals surface area contributed by atoms with Gasteiger partial charge in [0, 0.05) is 76.4 Å². The van der Waals surface area contributed by atoms with E-state index >= 15 is 0 Å². The lowest BCUT2D eigenvalue weighted by atomic mass is 9.70. The normalized spacial score (nSPS) is 40.1. The summed E-state index contributed by atoms with van der Waals surface area (Å²) < 4.78 is 15.7. The average Bonchev–Trinajstić information content (AvgIpc) is 1.63. The van der Waals surface area contributed by atoms with Gasteiger partial charge >= 0.3 is 0 Å². The van der Waals surface area contributed by atoms with Crippen molar-refractivity contribution in [2.24, 2.45) is 82.9 Å². The summed E-state index contributed by atoms with van der Waals surface area (Å²) in [6.07, 6.45) is 50.2. The number of morpholine rings is 1. The van der Waals surface area contributed by atoms with Crippen molar-refractivity contribution in [2.75, 3.05) is 177 Å². The minimum absolute atomic E-state index is 0.286. The van der Waals surface area contributed by atoms with Gasteiger partial charge in [-0.1, -0.05) is 56.1 Å². The van der Waals surface area contributed by atoms with Gasteiger partial charge in [0.25, 0.3) is 0 Å². The molecule has 21 fully saturated rings. The number of allylic oxidation sites excluding steroid dienone is 1. The molecule has 18 atom stereocenters. The standard InChI is InChI=1S/C10H19N.C8H15N.C7H12N2O.C7H14N2.C7H13NO.2C7H13N.C7H11N.C6H11N.C6H10O.C6H8O.C5H9N/c1-3-9-5-2-7-11-8-6-10(9)4-1;1-2-7-4-5-9-6-8(7)3-1;10-7-5-8-4-6-2-1-3-9(6)7;1-2-7-6-8-3-5-9(7)4-1;1-2-7-6-9-5-4-8(7)3-1;1-2-7-5-8-4-3-6(1)7;2*1-2-6-4-8-5-7(6)3-1;1-2-7-4-6-3-5(1)6;2*1-2-5-4-7-6(5)3-1;1-4-2-6-3-5(1)4/h9-11H,1-8H2;7-9H,1-6H2;6,8H,1-5H2;7-8H,1-6H2;7H,1-6H2;2*6-8H,1-5H2;8H,1-5H2;5-7H,1-4H2;5-6H,1-4H2;3,5H,1-2,4H2;4-6H,1-3H2. The molecule has 0 bridgehead atoms. The second kappa shape index (κ2) is 40.8. The van der Waals surface area contributed by atoms with Crippen LogP contribution in [0, 0.1) is 82.9 Å². The zero-order valence-electron chi connectivity index (χ0n) is 62.9. The number of hydrogen-bond acceptors (Lipinski definition) is 15. The number of ether oxygens (including phenoxy) is 3. The summed E-state index contributed by atoms with van der Waals surface area (Å²) in [6.45, 7) is 32.0. The molecule has 564 valence electrons. The molecule has 18 unspecified atom stereocenters. The van der Waals surface area contributed by atoms with Gasteiger partial charge in [0.05, 0.1) is 50.8 Å². The maximum Gasteiger partial charge on any atom is 0.236 e. The molecule has 14 saturated heterocycles. The number of carbonyl (C=O) groups excluding carboxylic acids is 1. The van der Waals surface area contributed by atoms with Gasteiger partial charge in [0.1, 0.15) is 0 Å². The van der Waals surface area contributed by atoms with Crippen LogP contribution < -0.4 is 47.9 Å². The van der Waals surface area contributed by atoms with Crippen LogP contribution in [-0.4, -0.2) is 222 Å². The van der Waals surface area contributed by atoms with Gasteiger partial charge in [-0.2, -0.15) is 0 Å². The molecule has 99 heavy (non-hydrogen) atoms. The van der Waals surface area contributed by atoms with Crippen LogP contribution in [0.3, 0.4) is 0 Å². The van der Waals surface area contributed by atoms with Crippen LogP contribution in [0.25, 0.3) is 0 Å². The Hall–Kier alpha value is -1.77. The highest BCUT2D eigenvalue weighted by Crippen LogP contribution is 2.44. The predicted octanol–water partition coefficient (Wildman–Crippen LogP) is 10.1. The molecule has 15 aliphatic heterocycles. The van der Waals surface area contributed by atoms with E-state index in [-0.39, 0.29) is 5.91 Å². The van der Waals surface area contributed by atoms with Crippen molar-refractivity contribution in [3.63, 3.8) is 0 Å². The second-order valence-electron chi connectivity index (χ2n) is 35.3. The molecule has 0 aromatic carbocycles. The summed E-state index contributed by atoms with van der Waals surface area (Å²) in [5.41, 5.74) is 3.43. The summed E-state index contributed by atoms with van der Waals surface area (Å²) in [5, 5.41) is 30.4. The third-order valence-corrected chi connectivity index (χ3v) is 28.8. The topological polar surface area (TPSA) is 163 Å². The van der Waals surface area contributed by atoms with Crippen LogP contribution in [0.5, 0.6) is 0 Å². The lowest BCUT2D eigenvalue weighted by molar-refractivity contribution is -0.132. The molecular formula is C83H148N12O4. The van der Waals surface area contributed by atoms with E-state index in [0.29, 0.717) is 18.7 Å². The van der Waals surface area contributed by atoms with Crippen LogP contribution in [0.2, 0.25) is 0 Å².